The number of aromatic nitrogens is 2. The minimum atomic E-state index is -1.17. The number of benzene rings is 2. The molecule has 1 aromatic heterocycles. The predicted octanol–water partition coefficient (Wildman–Crippen LogP) is 4.11. The lowest BCUT2D eigenvalue weighted by Gasteiger charge is -2.15. The van der Waals surface area contributed by atoms with Crippen LogP contribution in [0.15, 0.2) is 42.7 Å². The molecule has 7 heteroatoms. The smallest absolute Gasteiger partial charge is 0.341 e. The fourth-order valence-corrected chi connectivity index (χ4v) is 2.64. The van der Waals surface area contributed by atoms with Crippen LogP contribution in [-0.4, -0.2) is 21.3 Å². The molecule has 0 aliphatic rings. The summed E-state index contributed by atoms with van der Waals surface area (Å²) >= 11 is 6.15. The highest BCUT2D eigenvalue weighted by Gasteiger charge is 2.21. The van der Waals surface area contributed by atoms with E-state index in [0.29, 0.717) is 16.3 Å². The monoisotopic (exact) mass is 343 g/mol. The number of hydrogen-bond donors (Lipinski definition) is 3. The molecule has 6 nitrogen and oxygen atoms in total. The van der Waals surface area contributed by atoms with E-state index in [2.05, 4.69) is 10.2 Å². The number of ether oxygens (including phenoxy) is 1. The SMILES string of the molecule is Cc1c(Cl)cccc1-c1ccc(Oc2cn[nH]c2)c(C(=O)O)c1N. The van der Waals surface area contributed by atoms with E-state index < -0.39 is 5.97 Å². The van der Waals surface area contributed by atoms with E-state index in [1.807, 2.05) is 13.0 Å². The molecule has 1 heterocycles. The molecule has 3 rings (SSSR count). The zero-order valence-electron chi connectivity index (χ0n) is 12.7. The maximum atomic E-state index is 11.7. The van der Waals surface area contributed by atoms with Gasteiger partial charge in [-0.1, -0.05) is 23.7 Å². The van der Waals surface area contributed by atoms with Crippen LogP contribution in [0.3, 0.4) is 0 Å². The Hall–Kier alpha value is -2.99. The van der Waals surface area contributed by atoms with E-state index in [1.165, 1.54) is 12.4 Å². The second-order valence-electron chi connectivity index (χ2n) is 5.15. The Kier molecular flexibility index (Phi) is 4.14. The molecule has 0 saturated heterocycles. The molecule has 0 aliphatic carbocycles. The van der Waals surface area contributed by atoms with Gasteiger partial charge in [-0.25, -0.2) is 4.79 Å². The third-order valence-corrected chi connectivity index (χ3v) is 4.09. The van der Waals surface area contributed by atoms with Gasteiger partial charge in [0.2, 0.25) is 0 Å². The molecule has 2 aromatic carbocycles. The van der Waals surface area contributed by atoms with Gasteiger partial charge in [0.05, 0.1) is 18.1 Å². The van der Waals surface area contributed by atoms with Crippen molar-refractivity contribution < 1.29 is 14.6 Å². The third-order valence-electron chi connectivity index (χ3n) is 3.68. The van der Waals surface area contributed by atoms with Crippen molar-refractivity contribution in [3.63, 3.8) is 0 Å². The Morgan fingerprint density at radius 3 is 2.75 bits per heavy atom. The van der Waals surface area contributed by atoms with Gasteiger partial charge in [0.15, 0.2) is 5.75 Å². The Morgan fingerprint density at radius 2 is 2.08 bits per heavy atom. The third kappa shape index (κ3) is 2.79. The minimum absolute atomic E-state index is 0.104. The summed E-state index contributed by atoms with van der Waals surface area (Å²) in [4.78, 5) is 11.7. The van der Waals surface area contributed by atoms with Crippen LogP contribution in [0.5, 0.6) is 11.5 Å². The van der Waals surface area contributed by atoms with Crippen LogP contribution in [-0.2, 0) is 0 Å². The number of hydrogen-bond acceptors (Lipinski definition) is 4. The van der Waals surface area contributed by atoms with Gasteiger partial charge in [0.25, 0.3) is 0 Å². The number of H-pyrrole nitrogens is 1. The molecule has 122 valence electrons. The van der Waals surface area contributed by atoms with Crippen molar-refractivity contribution in [1.82, 2.24) is 10.2 Å². The number of carbonyl (C=O) groups is 1. The number of anilines is 1. The molecule has 3 aromatic rings. The van der Waals surface area contributed by atoms with Crippen molar-refractivity contribution >= 4 is 23.3 Å². The number of carboxylic acids is 1. The summed E-state index contributed by atoms with van der Waals surface area (Å²) in [6.45, 7) is 1.85. The lowest BCUT2D eigenvalue weighted by molar-refractivity contribution is 0.0695. The first-order valence-corrected chi connectivity index (χ1v) is 7.44. The Morgan fingerprint density at radius 1 is 1.29 bits per heavy atom. The van der Waals surface area contributed by atoms with Crippen molar-refractivity contribution in [2.24, 2.45) is 0 Å². The Balaban J connectivity index is 2.15. The number of nitrogens with zero attached hydrogens (tertiary/aromatic N) is 1. The fraction of sp³-hybridized carbons (Fsp3) is 0.0588. The number of halogens is 1. The first-order valence-electron chi connectivity index (χ1n) is 7.07. The summed E-state index contributed by atoms with van der Waals surface area (Å²) in [5, 5.41) is 16.5. The van der Waals surface area contributed by atoms with E-state index in [1.54, 1.807) is 24.3 Å². The van der Waals surface area contributed by atoms with E-state index in [4.69, 9.17) is 22.1 Å². The molecule has 0 amide bonds. The molecular weight excluding hydrogens is 330 g/mol. The zero-order chi connectivity index (χ0) is 17.3. The van der Waals surface area contributed by atoms with Gasteiger partial charge in [-0.15, -0.1) is 0 Å². The summed E-state index contributed by atoms with van der Waals surface area (Å²) in [5.74, 6) is -0.638. The van der Waals surface area contributed by atoms with Gasteiger partial charge in [-0.3, -0.25) is 5.10 Å². The zero-order valence-corrected chi connectivity index (χ0v) is 13.5. The highest BCUT2D eigenvalue weighted by Crippen LogP contribution is 2.38. The second-order valence-corrected chi connectivity index (χ2v) is 5.56. The molecule has 24 heavy (non-hydrogen) atoms. The van der Waals surface area contributed by atoms with Gasteiger partial charge < -0.3 is 15.6 Å². The molecular formula is C17H14ClN3O3. The fourth-order valence-electron chi connectivity index (χ4n) is 2.46. The van der Waals surface area contributed by atoms with Crippen molar-refractivity contribution in [1.29, 1.82) is 0 Å². The van der Waals surface area contributed by atoms with Gasteiger partial charge >= 0.3 is 5.97 Å². The number of nitrogens with one attached hydrogen (secondary N) is 1. The van der Waals surface area contributed by atoms with Crippen LogP contribution in [0.4, 0.5) is 5.69 Å². The van der Waals surface area contributed by atoms with Gasteiger partial charge in [0.1, 0.15) is 11.3 Å². The van der Waals surface area contributed by atoms with Crippen molar-refractivity contribution in [3.8, 4) is 22.6 Å². The maximum Gasteiger partial charge on any atom is 0.341 e. The number of rotatable bonds is 4. The van der Waals surface area contributed by atoms with E-state index in [0.717, 1.165) is 11.1 Å². The van der Waals surface area contributed by atoms with Crippen LogP contribution in [0.2, 0.25) is 5.02 Å². The average molecular weight is 344 g/mol. The quantitative estimate of drug-likeness (QED) is 0.619. The lowest BCUT2D eigenvalue weighted by Crippen LogP contribution is -2.07. The molecule has 4 N–H and O–H groups in total. The van der Waals surface area contributed by atoms with E-state index >= 15 is 0 Å². The van der Waals surface area contributed by atoms with Crippen LogP contribution in [0.1, 0.15) is 15.9 Å². The Labute approximate surface area is 142 Å². The van der Waals surface area contributed by atoms with E-state index in [9.17, 15) is 9.90 Å². The molecule has 0 bridgehead atoms. The van der Waals surface area contributed by atoms with Crippen LogP contribution < -0.4 is 10.5 Å². The van der Waals surface area contributed by atoms with Crippen LogP contribution >= 0.6 is 11.6 Å². The van der Waals surface area contributed by atoms with Crippen LogP contribution in [0.25, 0.3) is 11.1 Å². The molecule has 0 fully saturated rings. The lowest BCUT2D eigenvalue weighted by atomic mass is 9.96. The summed E-state index contributed by atoms with van der Waals surface area (Å²) in [7, 11) is 0. The molecule has 0 saturated carbocycles. The number of nitrogen functional groups attached to an aromatic ring is 1. The number of nitrogens with two attached hydrogens (primary N) is 1. The van der Waals surface area contributed by atoms with Crippen molar-refractivity contribution in [3.05, 3.63) is 58.9 Å². The van der Waals surface area contributed by atoms with Gasteiger partial charge in [-0.05, 0) is 36.2 Å². The first kappa shape index (κ1) is 15.9. The molecule has 0 atom stereocenters. The average Bonchev–Trinajstić information content (AvgIpc) is 3.03. The Bertz CT molecular complexity index is 908. The summed E-state index contributed by atoms with van der Waals surface area (Å²) < 4.78 is 5.56. The van der Waals surface area contributed by atoms with Crippen molar-refractivity contribution in [2.45, 2.75) is 6.92 Å². The highest BCUT2D eigenvalue weighted by molar-refractivity contribution is 6.31. The molecule has 0 radical (unpaired) electrons. The van der Waals surface area contributed by atoms with Crippen LogP contribution in [0, 0.1) is 6.92 Å². The topological polar surface area (TPSA) is 101 Å². The molecule has 0 spiro atoms. The van der Waals surface area contributed by atoms with Crippen molar-refractivity contribution in [2.75, 3.05) is 5.73 Å². The number of aromatic amines is 1. The molecule has 0 unspecified atom stereocenters. The normalized spacial score (nSPS) is 10.6. The highest BCUT2D eigenvalue weighted by atomic mass is 35.5. The predicted molar refractivity (Wildman–Crippen MR) is 91.7 cm³/mol. The summed E-state index contributed by atoms with van der Waals surface area (Å²) in [6.07, 6.45) is 2.95. The number of aromatic carboxylic acids is 1. The first-order chi connectivity index (χ1) is 11.5. The maximum absolute atomic E-state index is 11.7. The van der Waals surface area contributed by atoms with E-state index in [-0.39, 0.29) is 17.0 Å². The largest absolute Gasteiger partial charge is 0.477 e. The summed E-state index contributed by atoms with van der Waals surface area (Å²) in [6, 6.07) is 8.69. The van der Waals surface area contributed by atoms with Gasteiger partial charge in [0, 0.05) is 10.6 Å². The minimum Gasteiger partial charge on any atom is -0.477 e. The second kappa shape index (κ2) is 6.25. The molecule has 0 aliphatic heterocycles. The summed E-state index contributed by atoms with van der Waals surface area (Å²) in [5.41, 5.74) is 8.34. The van der Waals surface area contributed by atoms with Gasteiger partial charge in [-0.2, -0.15) is 5.10 Å². The number of carboxylic acid groups (broad SMARTS) is 1. The standard InChI is InChI=1S/C17H14ClN3O3/c1-9-11(3-2-4-13(9)18)12-5-6-14(15(16(12)19)17(22)23)24-10-7-20-21-8-10/h2-8H,19H2,1H3,(H,20,21)(H,22,23).